The van der Waals surface area contributed by atoms with Crippen molar-refractivity contribution in [3.05, 3.63) is 129 Å². The second kappa shape index (κ2) is 22.0. The number of aliphatic imine (C=N–C) groups is 1. The number of furan rings is 1. The summed E-state index contributed by atoms with van der Waals surface area (Å²) in [7, 11) is 0. The summed E-state index contributed by atoms with van der Waals surface area (Å²) in [6.07, 6.45) is 0.792. The Balaban J connectivity index is 0.668. The summed E-state index contributed by atoms with van der Waals surface area (Å²) in [5.74, 6) is -0.834. The minimum absolute atomic E-state index is 0.00152. The highest BCUT2D eigenvalue weighted by Gasteiger charge is 2.45. The van der Waals surface area contributed by atoms with E-state index < -0.39 is 53.3 Å². The van der Waals surface area contributed by atoms with Crippen molar-refractivity contribution in [1.82, 2.24) is 40.6 Å². The SMILES string of the molecule is Cc1ncsc1-c1ccc([C@H](C)NC(=O)[C@@H]2C[C@@H](O)CN2C(=O)[C@@H](NC(=O)c2cc3cc(OC4CC(NC(=O)C5CCN(c6ccc(C7=N[C@@H](CC(=O)O)c8nnc(C)n8-c8sc(C)c(C)c87)cc6)C5)C4)ccc3o2)C(C)(C)C)cc1. The molecular weight excluding hydrogens is 1070 g/mol. The third-order valence-corrected chi connectivity index (χ3v) is 18.3. The second-order valence-electron chi connectivity index (χ2n) is 23.0. The van der Waals surface area contributed by atoms with Crippen molar-refractivity contribution in [1.29, 1.82) is 0 Å². The van der Waals surface area contributed by atoms with Crippen LogP contribution in [0.15, 0.2) is 87.7 Å². The fraction of sp³-hybridized carbons (Fsp3) is 0.417. The number of hydrogen-bond acceptors (Lipinski definition) is 15. The summed E-state index contributed by atoms with van der Waals surface area (Å²) in [4.78, 5) is 83.0. The van der Waals surface area contributed by atoms with Crippen LogP contribution < -0.4 is 25.6 Å². The van der Waals surface area contributed by atoms with Gasteiger partial charge in [-0.3, -0.25) is 33.5 Å². The molecule has 5 N–H and O–H groups in total. The molecule has 7 heterocycles. The zero-order valence-corrected chi connectivity index (χ0v) is 48.1. The van der Waals surface area contributed by atoms with Gasteiger partial charge in [0.25, 0.3) is 5.91 Å². The molecule has 7 aromatic rings. The molecule has 6 atom stereocenters. The minimum atomic E-state index is -1.06. The van der Waals surface area contributed by atoms with Crippen LogP contribution in [0.5, 0.6) is 5.75 Å². The third-order valence-electron chi connectivity index (χ3n) is 16.2. The molecule has 422 valence electrons. The highest BCUT2D eigenvalue weighted by molar-refractivity contribution is 7.15. The first-order chi connectivity index (χ1) is 38.7. The van der Waals surface area contributed by atoms with Crippen LogP contribution in [0.4, 0.5) is 5.69 Å². The van der Waals surface area contributed by atoms with Gasteiger partial charge in [-0.2, -0.15) is 0 Å². The number of fused-ring (bicyclic) bond motifs is 4. The van der Waals surface area contributed by atoms with Crippen LogP contribution >= 0.6 is 22.7 Å². The van der Waals surface area contributed by atoms with Crippen molar-refractivity contribution in [3.8, 4) is 21.2 Å². The number of carbonyl (C=O) groups excluding carboxylic acids is 4. The number of likely N-dealkylation sites (tertiary alicyclic amines) is 1. The number of nitrogens with one attached hydrogen (secondary N) is 3. The van der Waals surface area contributed by atoms with Gasteiger partial charge in [0.15, 0.2) is 11.6 Å². The number of anilines is 1. The number of ether oxygens (including phenoxy) is 1. The first-order valence-electron chi connectivity index (χ1n) is 27.5. The molecule has 19 nitrogen and oxygen atoms in total. The Morgan fingerprint density at radius 3 is 2.33 bits per heavy atom. The molecule has 0 bridgehead atoms. The van der Waals surface area contributed by atoms with Gasteiger partial charge in [0.1, 0.15) is 46.4 Å². The van der Waals surface area contributed by atoms with Crippen LogP contribution in [0, 0.1) is 39.0 Å². The molecule has 11 rings (SSSR count). The number of β-amino-alcohol motifs (C(OH)–C–C–N with tert-alkyl or cyclic N) is 1. The number of carboxylic acids is 1. The van der Waals surface area contributed by atoms with Gasteiger partial charge in [-0.15, -0.1) is 32.9 Å². The van der Waals surface area contributed by atoms with E-state index in [1.807, 2.05) is 100 Å². The Labute approximate surface area is 476 Å². The largest absolute Gasteiger partial charge is 0.490 e. The number of aliphatic carboxylic acids is 1. The highest BCUT2D eigenvalue weighted by Crippen LogP contribution is 2.41. The molecule has 3 aromatic carbocycles. The number of aliphatic hydroxyl groups excluding tert-OH is 1. The van der Waals surface area contributed by atoms with Gasteiger partial charge >= 0.3 is 5.97 Å². The predicted molar refractivity (Wildman–Crippen MR) is 308 cm³/mol. The summed E-state index contributed by atoms with van der Waals surface area (Å²) < 4.78 is 14.3. The predicted octanol–water partition coefficient (Wildman–Crippen LogP) is 8.34. The van der Waals surface area contributed by atoms with E-state index in [-0.39, 0.29) is 55.2 Å². The molecular formula is C60H66N10O9S2. The lowest BCUT2D eigenvalue weighted by Gasteiger charge is -2.36. The number of aromatic nitrogens is 4. The topological polar surface area (TPSA) is 247 Å². The van der Waals surface area contributed by atoms with E-state index in [0.717, 1.165) is 66.2 Å². The maximum Gasteiger partial charge on any atom is 0.306 e. The Morgan fingerprint density at radius 2 is 1.63 bits per heavy atom. The lowest BCUT2D eigenvalue weighted by atomic mass is 9.85. The van der Waals surface area contributed by atoms with Crippen LogP contribution in [0.1, 0.15) is 127 Å². The first-order valence-corrected chi connectivity index (χ1v) is 29.2. The van der Waals surface area contributed by atoms with Crippen LogP contribution in [0.25, 0.3) is 26.4 Å². The van der Waals surface area contributed by atoms with Crippen molar-refractivity contribution in [2.75, 3.05) is 24.5 Å². The van der Waals surface area contributed by atoms with E-state index in [1.165, 1.54) is 4.90 Å². The van der Waals surface area contributed by atoms with Gasteiger partial charge in [-0.05, 0) is 99.5 Å². The molecule has 2 saturated heterocycles. The fourth-order valence-corrected chi connectivity index (χ4v) is 13.5. The second-order valence-corrected chi connectivity index (χ2v) is 25.0. The monoisotopic (exact) mass is 1130 g/mol. The average molecular weight is 1140 g/mol. The normalized spacial score (nSPS) is 21.3. The summed E-state index contributed by atoms with van der Waals surface area (Å²) in [6.45, 7) is 16.6. The molecule has 4 amide bonds. The number of amides is 4. The number of rotatable bonds is 15. The van der Waals surface area contributed by atoms with Crippen molar-refractivity contribution in [2.24, 2.45) is 16.3 Å². The Bertz CT molecular complexity index is 3610. The molecule has 0 radical (unpaired) electrons. The number of aryl methyl sites for hydroxylation is 3. The van der Waals surface area contributed by atoms with Gasteiger partial charge in [0.2, 0.25) is 17.7 Å². The van der Waals surface area contributed by atoms with Crippen LogP contribution in [-0.4, -0.2) is 120 Å². The van der Waals surface area contributed by atoms with E-state index in [1.54, 1.807) is 46.9 Å². The number of hydrogen-bond donors (Lipinski definition) is 5. The molecule has 81 heavy (non-hydrogen) atoms. The Hall–Kier alpha value is -7.75. The minimum Gasteiger partial charge on any atom is -0.490 e. The standard InChI is InChI=1S/C60H66N10O9S2/c1-30-33(4)81-59-50(30)51(64-45(26-49(72)73)54-67-66-34(5)70(54)59)36-13-15-41(16-14-36)68-20-19-38(27-68)55(74)63-40-23-44(24-40)78-43-17-18-47-39(21-43)22-48(79-47)57(76)65-53(60(6,7)8)58(77)69-28-42(71)25-46(69)56(75)62-31(2)35-9-11-37(12-10-35)52-32(3)61-29-80-52/h9-18,21-22,29,31,38,40,42,44-46,53,71H,19-20,23-28H2,1-8H3,(H,62,75)(H,63,74)(H,65,76)(H,72,73)/t31-,38?,40?,42+,44?,45-,46-,53+/m0/s1. The maximum absolute atomic E-state index is 14.4. The van der Waals surface area contributed by atoms with Gasteiger partial charge in [0, 0.05) is 72.0 Å². The molecule has 21 heteroatoms. The number of benzene rings is 3. The molecule has 1 unspecified atom stereocenters. The number of carbonyl (C=O) groups is 5. The van der Waals surface area contributed by atoms with Crippen LogP contribution in [0.3, 0.4) is 0 Å². The van der Waals surface area contributed by atoms with Crippen molar-refractivity contribution in [2.45, 2.75) is 130 Å². The highest BCUT2D eigenvalue weighted by atomic mass is 32.1. The Kier molecular flexibility index (Phi) is 15.0. The number of carboxylic acid groups (broad SMARTS) is 1. The Morgan fingerprint density at radius 1 is 0.889 bits per heavy atom. The zero-order valence-electron chi connectivity index (χ0n) is 46.5. The quantitative estimate of drug-likeness (QED) is 0.0649. The van der Waals surface area contributed by atoms with E-state index in [0.29, 0.717) is 54.2 Å². The number of thiophene rings is 1. The van der Waals surface area contributed by atoms with Crippen LogP contribution in [0.2, 0.25) is 0 Å². The molecule has 0 spiro atoms. The van der Waals surface area contributed by atoms with Gasteiger partial charge in [-0.1, -0.05) is 57.2 Å². The first kappa shape index (κ1) is 55.2. The van der Waals surface area contributed by atoms with E-state index in [9.17, 15) is 34.2 Å². The van der Waals surface area contributed by atoms with Crippen molar-refractivity contribution < 1.29 is 43.3 Å². The van der Waals surface area contributed by atoms with Crippen molar-refractivity contribution in [3.63, 3.8) is 0 Å². The van der Waals surface area contributed by atoms with Gasteiger partial charge in [0.05, 0.1) is 46.3 Å². The smallest absolute Gasteiger partial charge is 0.306 e. The maximum atomic E-state index is 14.4. The molecule has 4 aromatic heterocycles. The lowest BCUT2D eigenvalue weighted by Crippen LogP contribution is -2.57. The molecule has 3 aliphatic heterocycles. The third kappa shape index (κ3) is 11.1. The van der Waals surface area contributed by atoms with Gasteiger partial charge < -0.3 is 45.1 Å². The number of thiazole rings is 1. The van der Waals surface area contributed by atoms with Crippen molar-refractivity contribution >= 4 is 74.6 Å². The lowest BCUT2D eigenvalue weighted by molar-refractivity contribution is -0.142. The fourth-order valence-electron chi connectivity index (χ4n) is 11.4. The summed E-state index contributed by atoms with van der Waals surface area (Å²) >= 11 is 3.19. The molecule has 3 fully saturated rings. The summed E-state index contributed by atoms with van der Waals surface area (Å²) in [5, 5.41) is 40.0. The molecule has 1 saturated carbocycles. The summed E-state index contributed by atoms with van der Waals surface area (Å²) in [5.41, 5.74) is 8.97. The van der Waals surface area contributed by atoms with E-state index in [2.05, 4.69) is 49.9 Å². The van der Waals surface area contributed by atoms with Gasteiger partial charge in [-0.25, -0.2) is 4.98 Å². The zero-order chi connectivity index (χ0) is 57.2. The molecule has 1 aliphatic carbocycles. The average Bonchev–Trinajstić information content (AvgIpc) is 4.36. The summed E-state index contributed by atoms with van der Waals surface area (Å²) in [6, 6.07) is 19.8. The number of nitrogens with zero attached hydrogens (tertiary/aromatic N) is 7. The van der Waals surface area contributed by atoms with E-state index >= 15 is 0 Å². The molecule has 4 aliphatic rings. The van der Waals surface area contributed by atoms with Crippen LogP contribution in [-0.2, 0) is 19.2 Å². The van der Waals surface area contributed by atoms with E-state index in [4.69, 9.17) is 14.1 Å². The number of aliphatic hydroxyl groups is 1.